The van der Waals surface area contributed by atoms with Crippen molar-refractivity contribution in [2.45, 2.75) is 33.2 Å². The highest BCUT2D eigenvalue weighted by Crippen LogP contribution is 2.26. The predicted molar refractivity (Wildman–Crippen MR) is 104 cm³/mol. The Hall–Kier alpha value is -2.45. The molecule has 136 valence electrons. The lowest BCUT2D eigenvalue weighted by Crippen LogP contribution is -2.47. The molecule has 0 N–H and O–H groups in total. The molecule has 3 rings (SSSR count). The van der Waals surface area contributed by atoms with Crippen molar-refractivity contribution in [1.29, 1.82) is 5.26 Å². The van der Waals surface area contributed by atoms with E-state index in [2.05, 4.69) is 59.0 Å². The van der Waals surface area contributed by atoms with Crippen LogP contribution >= 0.6 is 0 Å². The molecule has 2 heterocycles. The lowest BCUT2D eigenvalue weighted by atomic mass is 10.00. The van der Waals surface area contributed by atoms with E-state index in [4.69, 9.17) is 0 Å². The molecule has 2 aromatic rings. The van der Waals surface area contributed by atoms with Crippen molar-refractivity contribution in [3.8, 4) is 6.07 Å². The molecular weight excluding hydrogens is 322 g/mol. The topological polar surface area (TPSA) is 56.1 Å². The first kappa shape index (κ1) is 18.3. The molecule has 0 amide bonds. The lowest BCUT2D eigenvalue weighted by Gasteiger charge is -2.39. The molecule has 26 heavy (non-hydrogen) atoms. The molecule has 5 heteroatoms. The molecule has 1 unspecified atom stereocenters. The van der Waals surface area contributed by atoms with Gasteiger partial charge < -0.3 is 4.90 Å². The summed E-state index contributed by atoms with van der Waals surface area (Å²) in [5.74, 6) is 0.612. The van der Waals surface area contributed by atoms with Gasteiger partial charge in [-0.05, 0) is 49.1 Å². The van der Waals surface area contributed by atoms with Gasteiger partial charge in [-0.2, -0.15) is 15.5 Å². The fourth-order valence-electron chi connectivity index (χ4n) is 3.61. The predicted octanol–water partition coefficient (Wildman–Crippen LogP) is 3.43. The number of nitriles is 1. The molecule has 1 aliphatic rings. The summed E-state index contributed by atoms with van der Waals surface area (Å²) < 4.78 is 0. The Morgan fingerprint density at radius 2 is 1.88 bits per heavy atom. The van der Waals surface area contributed by atoms with Crippen molar-refractivity contribution in [1.82, 2.24) is 15.1 Å². The van der Waals surface area contributed by atoms with E-state index in [1.807, 2.05) is 18.2 Å². The van der Waals surface area contributed by atoms with Crippen LogP contribution in [0.2, 0.25) is 0 Å². The average molecular weight is 349 g/mol. The molecule has 0 bridgehead atoms. The monoisotopic (exact) mass is 349 g/mol. The van der Waals surface area contributed by atoms with Crippen LogP contribution in [0.25, 0.3) is 0 Å². The Morgan fingerprint density at radius 1 is 1.12 bits per heavy atom. The SMILES string of the molecule is CC(C)Cc1ccc(C#N)c(N2CCN(C(C)c3cccnn3)CC2)c1. The fraction of sp³-hybridized carbons (Fsp3) is 0.476. The van der Waals surface area contributed by atoms with E-state index in [1.54, 1.807) is 6.20 Å². The molecular formula is C21H27N5. The summed E-state index contributed by atoms with van der Waals surface area (Å²) >= 11 is 0. The normalized spacial score (nSPS) is 16.5. The van der Waals surface area contributed by atoms with Crippen molar-refractivity contribution < 1.29 is 0 Å². The van der Waals surface area contributed by atoms with Gasteiger partial charge in [-0.25, -0.2) is 0 Å². The van der Waals surface area contributed by atoms with Gasteiger partial charge in [-0.15, -0.1) is 0 Å². The molecule has 1 aromatic carbocycles. The minimum atomic E-state index is 0.258. The number of nitrogens with zero attached hydrogens (tertiary/aromatic N) is 5. The summed E-state index contributed by atoms with van der Waals surface area (Å²) in [5, 5.41) is 17.8. The third-order valence-electron chi connectivity index (χ3n) is 5.05. The standard InChI is InChI=1S/C21H27N5/c1-16(2)13-18-6-7-19(15-22)21(14-18)26-11-9-25(10-12-26)17(3)20-5-4-8-23-24-20/h4-8,14,16-17H,9-13H2,1-3H3. The van der Waals surface area contributed by atoms with E-state index in [0.29, 0.717) is 5.92 Å². The molecule has 5 nitrogen and oxygen atoms in total. The number of piperazine rings is 1. The van der Waals surface area contributed by atoms with E-state index in [9.17, 15) is 5.26 Å². The minimum Gasteiger partial charge on any atom is -0.368 e. The Labute approximate surface area is 156 Å². The highest BCUT2D eigenvalue weighted by Gasteiger charge is 2.24. The van der Waals surface area contributed by atoms with E-state index in [1.165, 1.54) is 5.56 Å². The number of anilines is 1. The zero-order valence-corrected chi connectivity index (χ0v) is 15.9. The molecule has 0 spiro atoms. The molecule has 0 saturated carbocycles. The van der Waals surface area contributed by atoms with Gasteiger partial charge >= 0.3 is 0 Å². The Morgan fingerprint density at radius 3 is 2.50 bits per heavy atom. The van der Waals surface area contributed by atoms with Crippen LogP contribution in [0.4, 0.5) is 5.69 Å². The molecule has 0 radical (unpaired) electrons. The van der Waals surface area contributed by atoms with Gasteiger partial charge in [0.1, 0.15) is 6.07 Å². The van der Waals surface area contributed by atoms with Gasteiger partial charge in [-0.3, -0.25) is 4.90 Å². The molecule has 1 aromatic heterocycles. The van der Waals surface area contributed by atoms with Crippen molar-refractivity contribution in [3.05, 3.63) is 53.3 Å². The van der Waals surface area contributed by atoms with Crippen LogP contribution in [0.1, 0.15) is 43.6 Å². The van der Waals surface area contributed by atoms with E-state index in [0.717, 1.165) is 49.5 Å². The minimum absolute atomic E-state index is 0.258. The zero-order chi connectivity index (χ0) is 18.5. The van der Waals surface area contributed by atoms with E-state index in [-0.39, 0.29) is 6.04 Å². The van der Waals surface area contributed by atoms with Crippen molar-refractivity contribution in [2.24, 2.45) is 5.92 Å². The number of aromatic nitrogens is 2. The third kappa shape index (κ3) is 4.20. The van der Waals surface area contributed by atoms with Crippen molar-refractivity contribution >= 4 is 5.69 Å². The van der Waals surface area contributed by atoms with Gasteiger partial charge in [0.05, 0.1) is 23.0 Å². The Bertz CT molecular complexity index is 758. The quantitative estimate of drug-likeness (QED) is 0.828. The summed E-state index contributed by atoms with van der Waals surface area (Å²) in [5.41, 5.74) is 4.17. The lowest BCUT2D eigenvalue weighted by molar-refractivity contribution is 0.194. The Balaban J connectivity index is 1.70. The average Bonchev–Trinajstić information content (AvgIpc) is 2.68. The second-order valence-corrected chi connectivity index (χ2v) is 7.41. The maximum Gasteiger partial charge on any atom is 0.101 e. The second kappa shape index (κ2) is 8.29. The van der Waals surface area contributed by atoms with Gasteiger partial charge in [0, 0.05) is 32.4 Å². The van der Waals surface area contributed by atoms with Crippen molar-refractivity contribution in [2.75, 3.05) is 31.1 Å². The van der Waals surface area contributed by atoms with Gasteiger partial charge in [0.25, 0.3) is 0 Å². The van der Waals surface area contributed by atoms with Gasteiger partial charge in [-0.1, -0.05) is 19.9 Å². The first-order chi connectivity index (χ1) is 12.6. The number of rotatable bonds is 5. The van der Waals surface area contributed by atoms with Crippen LogP contribution in [-0.2, 0) is 6.42 Å². The maximum atomic E-state index is 9.51. The highest BCUT2D eigenvalue weighted by atomic mass is 15.3. The number of hydrogen-bond acceptors (Lipinski definition) is 5. The fourth-order valence-corrected chi connectivity index (χ4v) is 3.61. The Kier molecular flexibility index (Phi) is 5.85. The van der Waals surface area contributed by atoms with Crippen LogP contribution in [0.3, 0.4) is 0 Å². The van der Waals surface area contributed by atoms with Gasteiger partial charge in [0.15, 0.2) is 0 Å². The zero-order valence-electron chi connectivity index (χ0n) is 15.9. The summed E-state index contributed by atoms with van der Waals surface area (Å²) in [7, 11) is 0. The summed E-state index contributed by atoms with van der Waals surface area (Å²) in [4.78, 5) is 4.78. The molecule has 0 aliphatic carbocycles. The van der Waals surface area contributed by atoms with Crippen LogP contribution in [0, 0.1) is 17.2 Å². The van der Waals surface area contributed by atoms with Crippen LogP contribution in [-0.4, -0.2) is 41.3 Å². The largest absolute Gasteiger partial charge is 0.368 e. The molecule has 1 saturated heterocycles. The smallest absolute Gasteiger partial charge is 0.101 e. The summed E-state index contributed by atoms with van der Waals surface area (Å²) in [6, 6.07) is 12.9. The number of benzene rings is 1. The molecule has 1 atom stereocenters. The van der Waals surface area contributed by atoms with Gasteiger partial charge in [0.2, 0.25) is 0 Å². The highest BCUT2D eigenvalue weighted by molar-refractivity contribution is 5.61. The van der Waals surface area contributed by atoms with Crippen molar-refractivity contribution in [3.63, 3.8) is 0 Å². The second-order valence-electron chi connectivity index (χ2n) is 7.41. The maximum absolute atomic E-state index is 9.51. The third-order valence-corrected chi connectivity index (χ3v) is 5.05. The number of hydrogen-bond donors (Lipinski definition) is 0. The summed E-state index contributed by atoms with van der Waals surface area (Å²) in [6.07, 6.45) is 2.75. The molecule has 1 fully saturated rings. The molecule has 1 aliphatic heterocycles. The van der Waals surface area contributed by atoms with Crippen LogP contribution in [0.5, 0.6) is 0 Å². The first-order valence-corrected chi connectivity index (χ1v) is 9.38. The van der Waals surface area contributed by atoms with E-state index >= 15 is 0 Å². The summed E-state index contributed by atoms with van der Waals surface area (Å²) in [6.45, 7) is 10.4. The van der Waals surface area contributed by atoms with E-state index < -0.39 is 0 Å². The van der Waals surface area contributed by atoms with Crippen LogP contribution in [0.15, 0.2) is 36.5 Å². The van der Waals surface area contributed by atoms with Crippen LogP contribution < -0.4 is 4.90 Å². The first-order valence-electron chi connectivity index (χ1n) is 9.38.